The van der Waals surface area contributed by atoms with Gasteiger partial charge in [0.2, 0.25) is 100 Å². The number of amides is 17. The van der Waals surface area contributed by atoms with Crippen LogP contribution in [0.5, 0.6) is 5.75 Å². The molecule has 45 nitrogen and oxygen atoms in total. The summed E-state index contributed by atoms with van der Waals surface area (Å²) in [6.45, 7) is 0.831. The van der Waals surface area contributed by atoms with E-state index in [1.54, 1.807) is 54.7 Å². The Balaban J connectivity index is 1.10. The van der Waals surface area contributed by atoms with E-state index in [4.69, 9.17) is 22.9 Å². The number of nitrogens with zero attached hydrogens (tertiary/aromatic N) is 7. The van der Waals surface area contributed by atoms with Gasteiger partial charge in [-0.15, -0.1) is 11.8 Å². The van der Waals surface area contributed by atoms with Gasteiger partial charge in [0.05, 0.1) is 37.8 Å². The summed E-state index contributed by atoms with van der Waals surface area (Å²) >= 11 is 0.738. The van der Waals surface area contributed by atoms with Gasteiger partial charge in [0.25, 0.3) is 0 Å². The third kappa shape index (κ3) is 27.8. The van der Waals surface area contributed by atoms with Crippen LogP contribution in [0, 0.1) is 0 Å². The minimum atomic E-state index is -1.90. The Kier molecular flexibility index (Phi) is 38.2. The summed E-state index contributed by atoms with van der Waals surface area (Å²) in [5.41, 5.74) is 26.0. The number of carboxylic acids is 1. The number of fused-ring (bicyclic) bond motifs is 4. The molecule has 3 aromatic heterocycles. The number of aromatic amines is 2. The lowest BCUT2D eigenvalue weighted by Crippen LogP contribution is -2.62. The van der Waals surface area contributed by atoms with Gasteiger partial charge < -0.3 is 136 Å². The lowest BCUT2D eigenvalue weighted by Gasteiger charge is -2.36. The first-order valence-corrected chi connectivity index (χ1v) is 45.4. The van der Waals surface area contributed by atoms with Gasteiger partial charge in [-0.05, 0) is 86.5 Å². The number of phenols is 1. The van der Waals surface area contributed by atoms with Gasteiger partial charge in [-0.2, -0.15) is 0 Å². The van der Waals surface area contributed by atoms with Crippen molar-refractivity contribution in [2.24, 2.45) is 22.9 Å². The van der Waals surface area contributed by atoms with Crippen molar-refractivity contribution in [1.82, 2.24) is 97.2 Å². The van der Waals surface area contributed by atoms with Crippen molar-refractivity contribution in [2.75, 3.05) is 72.0 Å². The summed E-state index contributed by atoms with van der Waals surface area (Å²) in [6.07, 6.45) is 2.67. The maximum atomic E-state index is 15.9. The summed E-state index contributed by atoms with van der Waals surface area (Å²) < 4.78 is 1.42. The number of H-pyrrole nitrogens is 2. The van der Waals surface area contributed by atoms with Crippen LogP contribution in [0.3, 0.4) is 0 Å². The van der Waals surface area contributed by atoms with Crippen molar-refractivity contribution in [3.05, 3.63) is 120 Å². The van der Waals surface area contributed by atoms with E-state index in [0.717, 1.165) is 36.3 Å². The highest BCUT2D eigenvalue weighted by Gasteiger charge is 2.47. The van der Waals surface area contributed by atoms with E-state index in [1.165, 1.54) is 75.6 Å². The fourth-order valence-electron chi connectivity index (χ4n) is 16.4. The highest BCUT2D eigenvalue weighted by molar-refractivity contribution is 8.00. The van der Waals surface area contributed by atoms with E-state index in [2.05, 4.69) is 68.1 Å². The van der Waals surface area contributed by atoms with E-state index < -0.39 is 267 Å². The summed E-state index contributed by atoms with van der Waals surface area (Å²) in [4.78, 5) is 276. The number of carbonyl (C=O) groups excluding carboxylic acids is 17. The number of nitrogens with one attached hydrogen (secondary N) is 12. The molecule has 3 aliphatic heterocycles. The summed E-state index contributed by atoms with van der Waals surface area (Å²) in [7, 11) is 3.81. The van der Waals surface area contributed by atoms with Crippen LogP contribution in [0.4, 0.5) is 0 Å². The molecule has 3 saturated heterocycles. The van der Waals surface area contributed by atoms with Crippen molar-refractivity contribution < 1.29 is 107 Å². The lowest BCUT2D eigenvalue weighted by atomic mass is 10.00. The number of hydrogen-bond donors (Lipinski definition) is 20. The van der Waals surface area contributed by atoms with E-state index >= 15 is 28.8 Å². The van der Waals surface area contributed by atoms with Crippen molar-refractivity contribution in [3.63, 3.8) is 0 Å². The third-order valence-electron chi connectivity index (χ3n) is 23.8. The highest BCUT2D eigenvalue weighted by atomic mass is 32.2. The number of para-hydroxylation sites is 2. The van der Waals surface area contributed by atoms with E-state index in [-0.39, 0.29) is 69.5 Å². The third-order valence-corrected chi connectivity index (χ3v) is 24.9. The zero-order valence-electron chi connectivity index (χ0n) is 75.4. The molecule has 6 heterocycles. The Bertz CT molecular complexity index is 5230. The van der Waals surface area contributed by atoms with Crippen LogP contribution >= 0.6 is 11.8 Å². The summed E-state index contributed by atoms with van der Waals surface area (Å²) in [5, 5.41) is 69.4. The van der Waals surface area contributed by atoms with Crippen LogP contribution in [0.1, 0.15) is 114 Å². The number of benzene rings is 3. The molecule has 6 aromatic rings. The van der Waals surface area contributed by atoms with Gasteiger partial charge in [-0.1, -0.05) is 88.1 Å². The molecular weight excluding hydrogens is 1760 g/mol. The number of unbranched alkanes of at least 4 members (excludes halogenated alkanes) is 2. The number of nitrogens with two attached hydrogens (primary N) is 4. The van der Waals surface area contributed by atoms with Crippen LogP contribution in [0.25, 0.3) is 21.8 Å². The first kappa shape index (κ1) is 104. The monoisotopic (exact) mass is 1880 g/mol. The summed E-state index contributed by atoms with van der Waals surface area (Å²) in [5.74, 6) is -19.3. The molecule has 0 radical (unpaired) electrons. The Morgan fingerprint density at radius 3 is 1.79 bits per heavy atom. The lowest BCUT2D eigenvalue weighted by molar-refractivity contribution is -0.149. The Morgan fingerprint density at radius 1 is 0.567 bits per heavy atom. The normalized spacial score (nSPS) is 24.9. The average molecular weight is 1890 g/mol. The number of rotatable bonds is 25. The molecule has 9 rings (SSSR count). The van der Waals surface area contributed by atoms with E-state index in [1.807, 2.05) is 13.8 Å². The van der Waals surface area contributed by atoms with Crippen LogP contribution in [-0.4, -0.2) is 334 Å². The minimum Gasteiger partial charge on any atom is -0.508 e. The molecule has 17 amide bonds. The second-order valence-corrected chi connectivity index (χ2v) is 34.5. The van der Waals surface area contributed by atoms with Gasteiger partial charge in [0, 0.05) is 125 Å². The van der Waals surface area contributed by atoms with Gasteiger partial charge in [-0.3, -0.25) is 86.3 Å². The maximum absolute atomic E-state index is 15.9. The number of aromatic hydroxyl groups is 1. The van der Waals surface area contributed by atoms with Crippen molar-refractivity contribution in [3.8, 4) is 5.75 Å². The highest BCUT2D eigenvalue weighted by Crippen LogP contribution is 2.29. The van der Waals surface area contributed by atoms with Gasteiger partial charge in [-0.25, -0.2) is 4.98 Å². The number of aliphatic hydroxyl groups excluding tert-OH is 2. The minimum absolute atomic E-state index is 0.0446. The average Bonchev–Trinajstić information content (AvgIpc) is 1.63. The van der Waals surface area contributed by atoms with Crippen LogP contribution in [-0.2, 0) is 119 Å². The number of hydrogen-bond acceptors (Lipinski definition) is 25. The maximum Gasteiger partial charge on any atom is 0.323 e. The Morgan fingerprint density at radius 2 is 1.14 bits per heavy atom. The van der Waals surface area contributed by atoms with Crippen LogP contribution < -0.4 is 76.1 Å². The van der Waals surface area contributed by atoms with Gasteiger partial charge in [0.15, 0.2) is 0 Å². The number of imidazole rings is 1. The Hall–Kier alpha value is -13.6. The topological polar surface area (TPSA) is 678 Å². The molecule has 0 aliphatic carbocycles. The predicted molar refractivity (Wildman–Crippen MR) is 485 cm³/mol. The Labute approximate surface area is 775 Å². The predicted octanol–water partition coefficient (Wildman–Crippen LogP) is -5.37. The van der Waals surface area contributed by atoms with Crippen molar-refractivity contribution >= 4 is 140 Å². The molecule has 726 valence electrons. The first-order valence-electron chi connectivity index (χ1n) is 44.2. The van der Waals surface area contributed by atoms with E-state index in [9.17, 15) is 78.0 Å². The van der Waals surface area contributed by atoms with Crippen molar-refractivity contribution in [2.45, 2.75) is 214 Å². The molecule has 24 N–H and O–H groups in total. The number of carbonyl (C=O) groups is 18. The molecule has 1 unspecified atom stereocenters. The number of phenolic OH excluding ortho intramolecular Hbond substituents is 1. The number of carboxylic acid groups (broad SMARTS) is 1. The summed E-state index contributed by atoms with van der Waals surface area (Å²) in [6, 6.07) is -3.62. The quantitative estimate of drug-likeness (QED) is 0.0254. The molecule has 46 heteroatoms. The number of aliphatic hydroxyl groups is 2. The van der Waals surface area contributed by atoms with Crippen LogP contribution in [0.15, 0.2) is 97.7 Å². The fraction of sp³-hybridized carbons (Fsp3) is 0.511. The second-order valence-electron chi connectivity index (χ2n) is 33.5. The smallest absolute Gasteiger partial charge is 0.323 e. The van der Waals surface area contributed by atoms with Crippen LogP contribution in [0.2, 0.25) is 0 Å². The van der Waals surface area contributed by atoms with E-state index in [0.29, 0.717) is 64.2 Å². The molecule has 0 spiro atoms. The molecule has 134 heavy (non-hydrogen) atoms. The molecule has 3 aromatic carbocycles. The molecule has 15 atom stereocenters. The zero-order valence-corrected chi connectivity index (χ0v) is 76.2. The molecule has 3 fully saturated rings. The second kappa shape index (κ2) is 49.2. The fourth-order valence-corrected chi connectivity index (χ4v) is 17.3. The number of aromatic nitrogens is 4. The molecule has 0 saturated carbocycles. The van der Waals surface area contributed by atoms with Crippen molar-refractivity contribution in [1.29, 1.82) is 0 Å². The SMILES string of the molecule is CCCC[C@H]1C(=O)N(C)[C@@H](CCCC)C(=O)N[C@@H](CN)C(=O)N[C@H](C(=O)NCC(N)=O)CSCC(=O)N[C@@H](Cc2ccc(O)cc2)C(=O)N(C)[C@@H](C)C(=O)N[C@@H](CC(N)=O)C(=O)N2CCC[C@H]2C(=O)N[C@@H](CO)C(=O)N[C@@H](Cc2cnc[nH]2)C(=O)N2C[C@H](O)C[C@H]2C(=O)N[C@@H](Cc2c[nH]c3ccccc23)C(=O)N[C@@H](CCN)C(=O)NC(Cc2cn(CC(=O)O)c3ccccc23)C(=O)N1C. The zero-order chi connectivity index (χ0) is 97.9. The standard InChI is InChI=1S/C88H121N23O22S/c1-7-9-19-67-81(126)103-63(36-90)79(124)105-65(76(121)95-39-72(92)116)44-134-45-73(117)97-59(30-48-23-25-52(113)26-24-48)84(129)106(4)47(3)75(120)100-62(35-71(91)115)86(131)110-29-15-22-68(110)82(127)104-64(43-112)80(125)102-61(33-51-38-93-46-96-51)87(132)111-41-53(114)34-70(111)83(128)99-58(31-49-37-94-56-18-13-11-16-54(49)56)78(123)98-57(27-28-89)77(122)101-60(85(130)108(6)69(20-10-8-2)88(133)107(67)5)32-50-40-109(42-74(118)119)66-21-14-12-17-55(50)66/h11-14,16-18,21,23-26,37-38,40,46-47,53,57-65,67-70,94,112-114H,7-10,15,19-20,22,27-36,39,41-45,89-90H2,1-6H3,(H2,91,115)(H2,92,116)(H,93,96)(H,95,121)(H,97,117)(H,98,123)(H,99,128)(H,100,120)(H,101,122)(H,102,125)(H,103,126)(H,104,127)(H,105,124)(H,118,119)/t47-,53+,57-,58-,59-,60?,61-,62-,63-,64-,65-,67-,68-,69-,70-/m0/s1. The molecule has 0 bridgehead atoms. The van der Waals surface area contributed by atoms with Gasteiger partial charge in [0.1, 0.15) is 96.9 Å². The molecule has 3 aliphatic rings. The number of likely N-dealkylation sites (N-methyl/N-ethyl adjacent to an activating group) is 3. The van der Waals surface area contributed by atoms with Gasteiger partial charge >= 0.3 is 5.97 Å². The first-order chi connectivity index (χ1) is 63.9. The number of thioether (sulfide) groups is 1. The number of primary amides is 2. The molecular formula is C88H121N23O22S. The largest absolute Gasteiger partial charge is 0.508 e. The number of aliphatic carboxylic acids is 1.